The van der Waals surface area contributed by atoms with Crippen LogP contribution in [0.4, 0.5) is 0 Å². The highest BCUT2D eigenvalue weighted by Crippen LogP contribution is 1.92. The molecule has 0 aliphatic rings. The molecule has 0 fully saturated rings. The fourth-order valence-corrected chi connectivity index (χ4v) is 0.385. The summed E-state index contributed by atoms with van der Waals surface area (Å²) < 4.78 is 0. The SMILES string of the molecule is C=C(C)/C(C)=N/N(C)C. The van der Waals surface area contributed by atoms with Crippen molar-refractivity contribution in [1.29, 1.82) is 0 Å². The quantitative estimate of drug-likeness (QED) is 0.404. The Morgan fingerprint density at radius 3 is 1.89 bits per heavy atom. The predicted molar refractivity (Wildman–Crippen MR) is 41.6 cm³/mol. The van der Waals surface area contributed by atoms with Crippen LogP contribution in [0, 0.1) is 0 Å². The third kappa shape index (κ3) is 3.76. The van der Waals surface area contributed by atoms with Crippen molar-refractivity contribution < 1.29 is 0 Å². The minimum Gasteiger partial charge on any atom is -0.303 e. The number of hydrogen-bond donors (Lipinski definition) is 0. The molecule has 0 unspecified atom stereocenters. The first-order chi connectivity index (χ1) is 4.04. The third-order valence-electron chi connectivity index (χ3n) is 0.968. The molecule has 0 aromatic rings. The summed E-state index contributed by atoms with van der Waals surface area (Å²) in [6.07, 6.45) is 0. The van der Waals surface area contributed by atoms with Gasteiger partial charge in [0.05, 0.1) is 5.71 Å². The molecule has 0 saturated carbocycles. The van der Waals surface area contributed by atoms with Crippen LogP contribution in [-0.2, 0) is 0 Å². The zero-order valence-corrected chi connectivity index (χ0v) is 6.60. The monoisotopic (exact) mass is 126 g/mol. The average Bonchev–Trinajstić information content (AvgIpc) is 1.63. The highest BCUT2D eigenvalue weighted by atomic mass is 15.4. The van der Waals surface area contributed by atoms with E-state index in [0.29, 0.717) is 0 Å². The van der Waals surface area contributed by atoms with Crippen LogP contribution in [0.5, 0.6) is 0 Å². The molecular formula is C7H14N2. The van der Waals surface area contributed by atoms with Crippen LogP contribution in [0.2, 0.25) is 0 Å². The van der Waals surface area contributed by atoms with E-state index < -0.39 is 0 Å². The standard InChI is InChI=1S/C7H14N2/c1-6(2)7(3)8-9(4)5/h1H2,2-5H3/b8-7+. The lowest BCUT2D eigenvalue weighted by atomic mass is 10.2. The van der Waals surface area contributed by atoms with E-state index in [-0.39, 0.29) is 0 Å². The van der Waals surface area contributed by atoms with E-state index in [1.807, 2.05) is 27.9 Å². The van der Waals surface area contributed by atoms with Crippen LogP contribution in [0.1, 0.15) is 13.8 Å². The Morgan fingerprint density at radius 1 is 1.33 bits per heavy atom. The molecule has 52 valence electrons. The Kier molecular flexibility index (Phi) is 2.99. The van der Waals surface area contributed by atoms with Gasteiger partial charge in [-0.3, -0.25) is 0 Å². The minimum absolute atomic E-state index is 0.986. The summed E-state index contributed by atoms with van der Waals surface area (Å²) >= 11 is 0. The second-order valence-electron chi connectivity index (χ2n) is 2.31. The molecule has 0 atom stereocenters. The molecule has 0 saturated heterocycles. The van der Waals surface area contributed by atoms with Crippen molar-refractivity contribution in [2.45, 2.75) is 13.8 Å². The molecule has 0 N–H and O–H groups in total. The van der Waals surface area contributed by atoms with E-state index in [2.05, 4.69) is 11.7 Å². The van der Waals surface area contributed by atoms with E-state index >= 15 is 0 Å². The predicted octanol–water partition coefficient (Wildman–Crippen LogP) is 1.50. The van der Waals surface area contributed by atoms with Gasteiger partial charge in [0.1, 0.15) is 0 Å². The van der Waals surface area contributed by atoms with E-state index in [1.165, 1.54) is 0 Å². The molecule has 0 heterocycles. The molecule has 0 aromatic carbocycles. The molecule has 9 heavy (non-hydrogen) atoms. The lowest BCUT2D eigenvalue weighted by Gasteiger charge is -2.05. The lowest BCUT2D eigenvalue weighted by Crippen LogP contribution is -2.06. The summed E-state index contributed by atoms with van der Waals surface area (Å²) in [5.41, 5.74) is 2.00. The van der Waals surface area contributed by atoms with E-state index in [9.17, 15) is 0 Å². The van der Waals surface area contributed by atoms with Gasteiger partial charge in [0.25, 0.3) is 0 Å². The molecule has 2 nitrogen and oxygen atoms in total. The highest BCUT2D eigenvalue weighted by Gasteiger charge is 1.89. The third-order valence-corrected chi connectivity index (χ3v) is 0.968. The van der Waals surface area contributed by atoms with Crippen molar-refractivity contribution in [2.24, 2.45) is 5.10 Å². The maximum absolute atomic E-state index is 4.13. The van der Waals surface area contributed by atoms with Gasteiger partial charge < -0.3 is 5.01 Å². The first-order valence-corrected chi connectivity index (χ1v) is 2.92. The maximum Gasteiger partial charge on any atom is 0.0597 e. The summed E-state index contributed by atoms with van der Waals surface area (Å²) in [4.78, 5) is 0. The van der Waals surface area contributed by atoms with Crippen LogP contribution in [0.25, 0.3) is 0 Å². The minimum atomic E-state index is 0.986. The van der Waals surface area contributed by atoms with Crippen LogP contribution in [0.3, 0.4) is 0 Å². The van der Waals surface area contributed by atoms with Gasteiger partial charge in [0, 0.05) is 14.1 Å². The molecule has 0 aliphatic carbocycles. The number of allylic oxidation sites excluding steroid dienone is 1. The van der Waals surface area contributed by atoms with Gasteiger partial charge in [-0.15, -0.1) is 0 Å². The molecule has 0 aromatic heterocycles. The average molecular weight is 126 g/mol. The Hall–Kier alpha value is -0.790. The maximum atomic E-state index is 4.13. The van der Waals surface area contributed by atoms with Gasteiger partial charge >= 0.3 is 0 Å². The Bertz CT molecular complexity index is 134. The molecule has 0 spiro atoms. The molecule has 0 bridgehead atoms. The van der Waals surface area contributed by atoms with E-state index in [0.717, 1.165) is 11.3 Å². The zero-order chi connectivity index (χ0) is 7.44. The van der Waals surface area contributed by atoms with Crippen molar-refractivity contribution in [1.82, 2.24) is 5.01 Å². The van der Waals surface area contributed by atoms with Crippen LogP contribution in [-0.4, -0.2) is 24.8 Å². The second-order valence-corrected chi connectivity index (χ2v) is 2.31. The van der Waals surface area contributed by atoms with Gasteiger partial charge in [-0.1, -0.05) is 6.58 Å². The molecule has 0 aliphatic heterocycles. The van der Waals surface area contributed by atoms with Gasteiger partial charge in [0.15, 0.2) is 0 Å². The van der Waals surface area contributed by atoms with Gasteiger partial charge in [-0.2, -0.15) is 5.10 Å². The van der Waals surface area contributed by atoms with Crippen LogP contribution < -0.4 is 0 Å². The Morgan fingerprint density at radius 2 is 1.78 bits per heavy atom. The Labute approximate surface area is 56.9 Å². The molecular weight excluding hydrogens is 112 g/mol. The largest absolute Gasteiger partial charge is 0.303 e. The normalized spacial score (nSPS) is 11.3. The number of hydrazone groups is 1. The highest BCUT2D eigenvalue weighted by molar-refractivity contribution is 5.96. The van der Waals surface area contributed by atoms with Crippen molar-refractivity contribution in [3.8, 4) is 0 Å². The van der Waals surface area contributed by atoms with Gasteiger partial charge in [0.2, 0.25) is 0 Å². The molecule has 2 heteroatoms. The van der Waals surface area contributed by atoms with Crippen molar-refractivity contribution in [3.63, 3.8) is 0 Å². The first kappa shape index (κ1) is 8.21. The van der Waals surface area contributed by atoms with Crippen molar-refractivity contribution >= 4 is 5.71 Å². The van der Waals surface area contributed by atoms with Crippen molar-refractivity contribution in [2.75, 3.05) is 14.1 Å². The second kappa shape index (κ2) is 3.28. The van der Waals surface area contributed by atoms with E-state index in [1.54, 1.807) is 5.01 Å². The summed E-state index contributed by atoms with van der Waals surface area (Å²) in [6, 6.07) is 0. The van der Waals surface area contributed by atoms with Gasteiger partial charge in [-0.25, -0.2) is 0 Å². The van der Waals surface area contributed by atoms with Crippen LogP contribution in [0.15, 0.2) is 17.3 Å². The fourth-order valence-electron chi connectivity index (χ4n) is 0.385. The Balaban J connectivity index is 4.00. The van der Waals surface area contributed by atoms with Crippen molar-refractivity contribution in [3.05, 3.63) is 12.2 Å². The lowest BCUT2D eigenvalue weighted by molar-refractivity contribution is 0.437. The summed E-state index contributed by atoms with van der Waals surface area (Å²) in [6.45, 7) is 7.64. The molecule has 0 rings (SSSR count). The summed E-state index contributed by atoms with van der Waals surface area (Å²) in [5, 5.41) is 5.90. The fraction of sp³-hybridized carbons (Fsp3) is 0.571. The van der Waals surface area contributed by atoms with Crippen LogP contribution >= 0.6 is 0 Å². The topological polar surface area (TPSA) is 15.6 Å². The summed E-state index contributed by atoms with van der Waals surface area (Å²) in [5.74, 6) is 0. The number of rotatable bonds is 2. The molecule has 0 amide bonds. The summed E-state index contributed by atoms with van der Waals surface area (Å²) in [7, 11) is 3.79. The zero-order valence-electron chi connectivity index (χ0n) is 6.60. The van der Waals surface area contributed by atoms with Gasteiger partial charge in [-0.05, 0) is 19.4 Å². The molecule has 0 radical (unpaired) electrons. The number of nitrogens with zero attached hydrogens (tertiary/aromatic N) is 2. The number of hydrogen-bond acceptors (Lipinski definition) is 2. The first-order valence-electron chi connectivity index (χ1n) is 2.92. The smallest absolute Gasteiger partial charge is 0.0597 e. The van der Waals surface area contributed by atoms with E-state index in [4.69, 9.17) is 0 Å².